The van der Waals surface area contributed by atoms with Gasteiger partial charge in [0.2, 0.25) is 5.95 Å². The summed E-state index contributed by atoms with van der Waals surface area (Å²) in [5, 5.41) is 2.94. The van der Waals surface area contributed by atoms with Crippen LogP contribution in [0.1, 0.15) is 60.1 Å². The minimum absolute atomic E-state index is 0.000444. The number of aromatic nitrogens is 2. The first-order valence-corrected chi connectivity index (χ1v) is 13.7. The average Bonchev–Trinajstić information content (AvgIpc) is 2.72. The van der Waals surface area contributed by atoms with Crippen molar-refractivity contribution in [1.29, 1.82) is 0 Å². The Morgan fingerprint density at radius 1 is 1.15 bits per heavy atom. The lowest BCUT2D eigenvalue weighted by atomic mass is 10.1. The Labute approximate surface area is 203 Å². The zero-order valence-corrected chi connectivity index (χ0v) is 22.2. The van der Waals surface area contributed by atoms with Crippen LogP contribution in [0.15, 0.2) is 6.07 Å². The predicted octanol–water partition coefficient (Wildman–Crippen LogP) is 2.47. The van der Waals surface area contributed by atoms with E-state index in [-0.39, 0.29) is 12.1 Å². The summed E-state index contributed by atoms with van der Waals surface area (Å²) in [7, 11) is -3.41. The Bertz CT molecular complexity index is 984. The predicted molar refractivity (Wildman–Crippen MR) is 132 cm³/mol. The average molecular weight is 498 g/mol. The highest BCUT2D eigenvalue weighted by atomic mass is 32.2. The molecule has 0 radical (unpaired) electrons. The SMILES string of the molecule is C[C@H]1COCCN1c1cc(C(C)(C)S(C)(=O)=O)nc(N2CCC(NC(=O)OC(C)(C)C)CC2)n1. The largest absolute Gasteiger partial charge is 0.444 e. The van der Waals surface area contributed by atoms with E-state index in [0.717, 1.165) is 0 Å². The number of morpholine rings is 1. The van der Waals surface area contributed by atoms with E-state index < -0.39 is 26.3 Å². The number of carbonyl (C=O) groups is 1. The number of nitrogens with one attached hydrogen (secondary N) is 1. The maximum atomic E-state index is 12.6. The maximum absolute atomic E-state index is 12.6. The van der Waals surface area contributed by atoms with Gasteiger partial charge in [0.15, 0.2) is 9.84 Å². The van der Waals surface area contributed by atoms with Crippen molar-refractivity contribution >= 4 is 27.7 Å². The molecule has 0 saturated carbocycles. The summed E-state index contributed by atoms with van der Waals surface area (Å²) in [5.74, 6) is 1.22. The second kappa shape index (κ2) is 9.85. The Kier molecular flexibility index (Phi) is 7.66. The molecule has 2 saturated heterocycles. The van der Waals surface area contributed by atoms with Gasteiger partial charge in [-0.05, 0) is 54.4 Å². The summed E-state index contributed by atoms with van der Waals surface area (Å²) in [5.41, 5.74) is -0.0684. The van der Waals surface area contributed by atoms with Gasteiger partial charge in [0.05, 0.1) is 24.9 Å². The monoisotopic (exact) mass is 497 g/mol. The van der Waals surface area contributed by atoms with Crippen LogP contribution in [-0.4, -0.2) is 81.3 Å². The molecule has 0 bridgehead atoms. The molecule has 2 fully saturated rings. The third-order valence-electron chi connectivity index (χ3n) is 6.41. The summed E-state index contributed by atoms with van der Waals surface area (Å²) in [6, 6.07) is 1.92. The molecule has 0 aliphatic carbocycles. The number of rotatable bonds is 5. The summed E-state index contributed by atoms with van der Waals surface area (Å²) < 4.78 is 34.9. The van der Waals surface area contributed by atoms with Gasteiger partial charge in [0, 0.05) is 38.0 Å². The fourth-order valence-corrected chi connectivity index (χ4v) is 4.46. The molecule has 1 aromatic rings. The van der Waals surface area contributed by atoms with Crippen LogP contribution in [0.3, 0.4) is 0 Å². The normalized spacial score (nSPS) is 20.9. The van der Waals surface area contributed by atoms with Gasteiger partial charge in [-0.2, -0.15) is 4.98 Å². The maximum Gasteiger partial charge on any atom is 0.407 e. The zero-order valence-electron chi connectivity index (χ0n) is 21.4. The zero-order chi connectivity index (χ0) is 25.3. The van der Waals surface area contributed by atoms with Crippen LogP contribution in [0.5, 0.6) is 0 Å². The van der Waals surface area contributed by atoms with Gasteiger partial charge in [-0.15, -0.1) is 0 Å². The van der Waals surface area contributed by atoms with Crippen LogP contribution < -0.4 is 15.1 Å². The van der Waals surface area contributed by atoms with Gasteiger partial charge >= 0.3 is 6.09 Å². The van der Waals surface area contributed by atoms with Crippen LogP contribution in [0, 0.1) is 0 Å². The second-order valence-electron chi connectivity index (χ2n) is 10.7. The smallest absolute Gasteiger partial charge is 0.407 e. The third-order valence-corrected chi connectivity index (χ3v) is 8.47. The number of hydrogen-bond donors (Lipinski definition) is 1. The van der Waals surface area contributed by atoms with Gasteiger partial charge in [-0.3, -0.25) is 0 Å². The van der Waals surface area contributed by atoms with Crippen LogP contribution in [-0.2, 0) is 24.1 Å². The molecule has 2 aliphatic rings. The molecular weight excluding hydrogens is 458 g/mol. The van der Waals surface area contributed by atoms with Crippen LogP contribution >= 0.6 is 0 Å². The van der Waals surface area contributed by atoms with E-state index in [2.05, 4.69) is 22.0 Å². The molecule has 10 nitrogen and oxygen atoms in total. The summed E-state index contributed by atoms with van der Waals surface area (Å²) in [6.45, 7) is 14.1. The van der Waals surface area contributed by atoms with Crippen molar-refractivity contribution in [3.8, 4) is 0 Å². The molecule has 11 heteroatoms. The molecular formula is C23H39N5O5S. The number of amides is 1. The van der Waals surface area contributed by atoms with Crippen molar-refractivity contribution in [3.05, 3.63) is 11.8 Å². The third kappa shape index (κ3) is 6.29. The number of alkyl carbamates (subject to hydrolysis) is 1. The van der Waals surface area contributed by atoms with E-state index >= 15 is 0 Å². The summed E-state index contributed by atoms with van der Waals surface area (Å²) in [6.07, 6.45) is 2.25. The molecule has 192 valence electrons. The van der Waals surface area contributed by atoms with Gasteiger partial charge in [-0.1, -0.05) is 0 Å². The van der Waals surface area contributed by atoms with Crippen molar-refractivity contribution < 1.29 is 22.7 Å². The quantitative estimate of drug-likeness (QED) is 0.655. The Morgan fingerprint density at radius 2 is 1.79 bits per heavy atom. The van der Waals surface area contributed by atoms with Crippen molar-refractivity contribution in [2.24, 2.45) is 0 Å². The number of nitrogens with zero attached hydrogens (tertiary/aromatic N) is 4. The molecule has 3 rings (SSSR count). The summed E-state index contributed by atoms with van der Waals surface area (Å²) in [4.78, 5) is 25.9. The lowest BCUT2D eigenvalue weighted by Gasteiger charge is -2.37. The first-order valence-electron chi connectivity index (χ1n) is 11.9. The van der Waals surface area contributed by atoms with Crippen LogP contribution in [0.25, 0.3) is 0 Å². The van der Waals surface area contributed by atoms with E-state index in [1.165, 1.54) is 6.26 Å². The van der Waals surface area contributed by atoms with Crippen molar-refractivity contribution in [3.63, 3.8) is 0 Å². The number of ether oxygens (including phenoxy) is 2. The van der Waals surface area contributed by atoms with Crippen molar-refractivity contribution in [1.82, 2.24) is 15.3 Å². The van der Waals surface area contributed by atoms with E-state index in [1.807, 2.05) is 20.8 Å². The van der Waals surface area contributed by atoms with Crippen LogP contribution in [0.4, 0.5) is 16.6 Å². The standard InChI is InChI=1S/C23H39N5O5S/c1-16-15-32-13-12-28(16)19-14-18(23(5,6)34(7,30)31)25-20(26-19)27-10-8-17(9-11-27)24-21(29)33-22(2,3)4/h14,16-17H,8-13,15H2,1-7H3,(H,24,29)/t16-/m0/s1. The van der Waals surface area contributed by atoms with Crippen molar-refractivity contribution in [2.45, 2.75) is 76.8 Å². The molecule has 34 heavy (non-hydrogen) atoms. The fourth-order valence-electron chi connectivity index (χ4n) is 3.97. The molecule has 1 amide bonds. The van der Waals surface area contributed by atoms with E-state index in [4.69, 9.17) is 19.4 Å². The highest BCUT2D eigenvalue weighted by Crippen LogP contribution is 2.32. The summed E-state index contributed by atoms with van der Waals surface area (Å²) >= 11 is 0. The molecule has 1 aromatic heterocycles. The molecule has 1 atom stereocenters. The highest BCUT2D eigenvalue weighted by molar-refractivity contribution is 7.91. The molecule has 1 N–H and O–H groups in total. The van der Waals surface area contributed by atoms with Crippen molar-refractivity contribution in [2.75, 3.05) is 48.9 Å². The lowest BCUT2D eigenvalue weighted by molar-refractivity contribution is 0.0497. The molecule has 0 unspecified atom stereocenters. The van der Waals surface area contributed by atoms with Crippen LogP contribution in [0.2, 0.25) is 0 Å². The minimum atomic E-state index is -3.41. The van der Waals surface area contributed by atoms with E-state index in [1.54, 1.807) is 19.9 Å². The van der Waals surface area contributed by atoms with Gasteiger partial charge < -0.3 is 24.6 Å². The second-order valence-corrected chi connectivity index (χ2v) is 13.3. The Morgan fingerprint density at radius 3 is 2.35 bits per heavy atom. The highest BCUT2D eigenvalue weighted by Gasteiger charge is 2.36. The van der Waals surface area contributed by atoms with E-state index in [0.29, 0.717) is 63.1 Å². The minimum Gasteiger partial charge on any atom is -0.444 e. The lowest BCUT2D eigenvalue weighted by Crippen LogP contribution is -2.47. The fraction of sp³-hybridized carbons (Fsp3) is 0.783. The number of piperidine rings is 1. The molecule has 0 aromatic carbocycles. The van der Waals surface area contributed by atoms with E-state index in [9.17, 15) is 13.2 Å². The molecule has 2 aliphatic heterocycles. The molecule has 0 spiro atoms. The topological polar surface area (TPSA) is 114 Å². The first kappa shape index (κ1) is 26.5. The van der Waals surface area contributed by atoms with Gasteiger partial charge in [-0.25, -0.2) is 18.2 Å². The number of anilines is 2. The number of carbonyl (C=O) groups excluding carboxylic acids is 1. The number of sulfone groups is 1. The van der Waals surface area contributed by atoms with Gasteiger partial charge in [0.1, 0.15) is 16.2 Å². The first-order chi connectivity index (χ1) is 15.7. The Balaban J connectivity index is 1.83. The van der Waals surface area contributed by atoms with Gasteiger partial charge in [0.25, 0.3) is 0 Å². The number of hydrogen-bond acceptors (Lipinski definition) is 9. The Hall–Kier alpha value is -2.14. The molecule has 3 heterocycles.